The molecule has 1 aromatic rings. The van der Waals surface area contributed by atoms with Crippen LogP contribution in [0.3, 0.4) is 0 Å². The van der Waals surface area contributed by atoms with E-state index < -0.39 is 4.92 Å². The molecule has 0 amide bonds. The van der Waals surface area contributed by atoms with Gasteiger partial charge >= 0.3 is 0 Å². The average molecular weight is 209 g/mol. The number of hydrogen-bond acceptors (Lipinski definition) is 4. The summed E-state index contributed by atoms with van der Waals surface area (Å²) in [5.74, 6) is -0.587. The minimum atomic E-state index is -0.545. The van der Waals surface area contributed by atoms with E-state index in [1.54, 1.807) is 0 Å². The molecule has 0 fully saturated rings. The number of phenols is 1. The molecular weight excluding hydrogens is 198 g/mol. The average Bonchev–Trinajstić information content (AvgIpc) is 1.99. The molecule has 0 unspecified atom stereocenters. The number of Topliss-reactive ketones (excluding diaryl/α,β-unsaturated/α-hetero) is 1. The van der Waals surface area contributed by atoms with Crippen molar-refractivity contribution in [1.29, 1.82) is 0 Å². The van der Waals surface area contributed by atoms with Gasteiger partial charge in [0.25, 0.3) is 5.69 Å². The molecule has 0 radical (unpaired) electrons. The maximum Gasteiger partial charge on any atom is 0.276 e. The van der Waals surface area contributed by atoms with Crippen molar-refractivity contribution in [1.82, 2.24) is 0 Å². The van der Waals surface area contributed by atoms with Gasteiger partial charge in [0.2, 0.25) is 0 Å². The van der Waals surface area contributed by atoms with Crippen LogP contribution < -0.4 is 0 Å². The van der Waals surface area contributed by atoms with Crippen LogP contribution in [0.4, 0.5) is 5.69 Å². The first-order valence-electron chi connectivity index (χ1n) is 4.34. The highest BCUT2D eigenvalue weighted by molar-refractivity contribution is 5.99. The Hall–Kier alpha value is -1.91. The Bertz CT molecular complexity index is 413. The predicted molar refractivity (Wildman–Crippen MR) is 54.2 cm³/mol. The maximum atomic E-state index is 11.2. The molecule has 0 saturated heterocycles. The third-order valence-corrected chi connectivity index (χ3v) is 2.25. The van der Waals surface area contributed by atoms with Gasteiger partial charge in [-0.15, -0.1) is 0 Å². The van der Waals surface area contributed by atoms with Crippen LogP contribution in [-0.4, -0.2) is 15.8 Å². The zero-order chi connectivity index (χ0) is 11.7. The molecule has 5 nitrogen and oxygen atoms in total. The third-order valence-electron chi connectivity index (χ3n) is 2.25. The Labute approximate surface area is 86.5 Å². The normalized spacial score (nSPS) is 10.1. The quantitative estimate of drug-likeness (QED) is 0.459. The second-order valence-electron chi connectivity index (χ2n) is 3.37. The Kier molecular flexibility index (Phi) is 2.74. The van der Waals surface area contributed by atoms with Crippen molar-refractivity contribution in [3.63, 3.8) is 0 Å². The summed E-state index contributed by atoms with van der Waals surface area (Å²) in [5, 5.41) is 20.2. The number of phenolic OH excluding ortho intramolecular Hbond substituents is 1. The first-order valence-corrected chi connectivity index (χ1v) is 4.34. The van der Waals surface area contributed by atoms with Crippen molar-refractivity contribution < 1.29 is 14.8 Å². The van der Waals surface area contributed by atoms with E-state index >= 15 is 0 Å². The van der Waals surface area contributed by atoms with Crippen LogP contribution in [0.15, 0.2) is 6.07 Å². The van der Waals surface area contributed by atoms with Crippen LogP contribution in [0, 0.1) is 24.0 Å². The van der Waals surface area contributed by atoms with Gasteiger partial charge in [-0.2, -0.15) is 0 Å². The number of benzene rings is 1. The lowest BCUT2D eigenvalue weighted by Gasteiger charge is -2.07. The first kappa shape index (κ1) is 11.2. The summed E-state index contributed by atoms with van der Waals surface area (Å²) in [5.41, 5.74) is 0.468. The van der Waals surface area contributed by atoms with Crippen LogP contribution in [-0.2, 0) is 0 Å². The Morgan fingerprint density at radius 2 is 2.00 bits per heavy atom. The van der Waals surface area contributed by atoms with Crippen LogP contribution in [0.25, 0.3) is 0 Å². The summed E-state index contributed by atoms with van der Waals surface area (Å²) >= 11 is 0. The number of hydrogen-bond donors (Lipinski definition) is 1. The largest absolute Gasteiger partial charge is 0.507 e. The number of aromatic hydroxyl groups is 1. The molecule has 0 aromatic heterocycles. The summed E-state index contributed by atoms with van der Waals surface area (Å²) < 4.78 is 0. The number of aryl methyl sites for hydroxylation is 1. The maximum absolute atomic E-state index is 11.2. The SMILES string of the molecule is CC(=O)c1c(O)cc(C)c([N+](=O)[O-])c1C. The fourth-order valence-corrected chi connectivity index (χ4v) is 1.68. The van der Waals surface area contributed by atoms with Gasteiger partial charge in [-0.05, 0) is 26.8 Å². The molecule has 0 aliphatic rings. The Balaban J connectivity index is 3.64. The molecule has 0 aliphatic carbocycles. The topological polar surface area (TPSA) is 80.4 Å². The lowest BCUT2D eigenvalue weighted by Crippen LogP contribution is -2.03. The number of nitrogens with zero attached hydrogens (tertiary/aromatic N) is 1. The van der Waals surface area contributed by atoms with Gasteiger partial charge in [-0.25, -0.2) is 0 Å². The molecule has 0 atom stereocenters. The van der Waals surface area contributed by atoms with Gasteiger partial charge in [-0.1, -0.05) is 0 Å². The standard InChI is InChI=1S/C10H11NO4/c1-5-4-8(13)9(7(3)12)6(2)10(5)11(14)15/h4,13H,1-3H3. The van der Waals surface area contributed by atoms with Gasteiger partial charge in [0.15, 0.2) is 5.78 Å². The summed E-state index contributed by atoms with van der Waals surface area (Å²) in [6, 6.07) is 1.24. The minimum absolute atomic E-state index is 0.0206. The second kappa shape index (κ2) is 3.68. The minimum Gasteiger partial charge on any atom is -0.507 e. The van der Waals surface area contributed by atoms with E-state index in [9.17, 15) is 20.0 Å². The molecule has 80 valence electrons. The van der Waals surface area contributed by atoms with E-state index in [2.05, 4.69) is 0 Å². The summed E-state index contributed by atoms with van der Waals surface area (Å²) in [4.78, 5) is 21.4. The molecule has 5 heteroatoms. The zero-order valence-corrected chi connectivity index (χ0v) is 8.70. The van der Waals surface area contributed by atoms with Crippen molar-refractivity contribution in [2.24, 2.45) is 0 Å². The van der Waals surface area contributed by atoms with E-state index in [4.69, 9.17) is 0 Å². The third kappa shape index (κ3) is 1.81. The summed E-state index contributed by atoms with van der Waals surface area (Å²) in [6.45, 7) is 4.25. The second-order valence-corrected chi connectivity index (χ2v) is 3.37. The van der Waals surface area contributed by atoms with Crippen molar-refractivity contribution in [2.45, 2.75) is 20.8 Å². The number of nitro groups is 1. The lowest BCUT2D eigenvalue weighted by molar-refractivity contribution is -0.386. The molecular formula is C10H11NO4. The monoisotopic (exact) mass is 209 g/mol. The highest BCUT2D eigenvalue weighted by atomic mass is 16.6. The molecule has 0 spiro atoms. The van der Waals surface area contributed by atoms with Crippen molar-refractivity contribution in [3.05, 3.63) is 32.9 Å². The molecule has 0 saturated carbocycles. The van der Waals surface area contributed by atoms with Crippen molar-refractivity contribution in [3.8, 4) is 5.75 Å². The fraction of sp³-hybridized carbons (Fsp3) is 0.300. The number of ketones is 1. The molecule has 0 bridgehead atoms. The molecule has 0 aliphatic heterocycles. The molecule has 15 heavy (non-hydrogen) atoms. The zero-order valence-electron chi connectivity index (χ0n) is 8.70. The lowest BCUT2D eigenvalue weighted by atomic mass is 9.99. The number of rotatable bonds is 2. The van der Waals surface area contributed by atoms with Gasteiger partial charge in [0.05, 0.1) is 10.5 Å². The van der Waals surface area contributed by atoms with Gasteiger partial charge in [0.1, 0.15) is 5.75 Å². The number of nitro benzene ring substituents is 1. The summed E-state index contributed by atoms with van der Waals surface area (Å²) in [6.07, 6.45) is 0. The highest BCUT2D eigenvalue weighted by Gasteiger charge is 2.22. The number of carbonyl (C=O) groups excluding carboxylic acids is 1. The smallest absolute Gasteiger partial charge is 0.276 e. The summed E-state index contributed by atoms with van der Waals surface area (Å²) in [7, 11) is 0. The van der Waals surface area contributed by atoms with E-state index in [0.717, 1.165) is 0 Å². The van der Waals surface area contributed by atoms with Crippen LogP contribution in [0.1, 0.15) is 28.4 Å². The van der Waals surface area contributed by atoms with E-state index in [0.29, 0.717) is 5.56 Å². The molecule has 0 heterocycles. The molecule has 1 aromatic carbocycles. The number of carbonyl (C=O) groups is 1. The van der Waals surface area contributed by atoms with Crippen LogP contribution >= 0.6 is 0 Å². The van der Waals surface area contributed by atoms with Gasteiger partial charge in [-0.3, -0.25) is 14.9 Å². The first-order chi connectivity index (χ1) is 6.86. The van der Waals surface area contributed by atoms with Crippen LogP contribution in [0.5, 0.6) is 5.75 Å². The molecule has 1 rings (SSSR count). The predicted octanol–water partition coefficient (Wildman–Crippen LogP) is 2.12. The molecule has 1 N–H and O–H groups in total. The van der Waals surface area contributed by atoms with Crippen LogP contribution in [0.2, 0.25) is 0 Å². The van der Waals surface area contributed by atoms with Gasteiger partial charge in [0, 0.05) is 11.1 Å². The Morgan fingerprint density at radius 1 is 1.47 bits per heavy atom. The highest BCUT2D eigenvalue weighted by Crippen LogP contribution is 2.32. The fourth-order valence-electron chi connectivity index (χ4n) is 1.68. The van der Waals surface area contributed by atoms with E-state index in [-0.39, 0.29) is 28.3 Å². The van der Waals surface area contributed by atoms with Crippen molar-refractivity contribution in [2.75, 3.05) is 0 Å². The van der Waals surface area contributed by atoms with Crippen molar-refractivity contribution >= 4 is 11.5 Å². The van der Waals surface area contributed by atoms with E-state index in [1.165, 1.54) is 26.8 Å². The van der Waals surface area contributed by atoms with E-state index in [1.807, 2.05) is 0 Å². The van der Waals surface area contributed by atoms with Gasteiger partial charge < -0.3 is 5.11 Å². The Morgan fingerprint density at radius 3 is 2.40 bits per heavy atom.